The predicted octanol–water partition coefficient (Wildman–Crippen LogP) is 2.78. The Morgan fingerprint density at radius 2 is 2.05 bits per heavy atom. The molecule has 0 unspecified atom stereocenters. The van der Waals surface area contributed by atoms with Gasteiger partial charge in [-0.1, -0.05) is 23.2 Å². The van der Waals surface area contributed by atoms with Gasteiger partial charge in [0.1, 0.15) is 10.8 Å². The lowest BCUT2D eigenvalue weighted by molar-refractivity contribution is -0.148. The lowest BCUT2D eigenvalue weighted by Gasteiger charge is -2.17. The highest BCUT2D eigenvalue weighted by molar-refractivity contribution is 6.85. The molecule has 0 amide bonds. The zero-order chi connectivity index (χ0) is 16.9. The third-order valence-corrected chi connectivity index (χ3v) is 2.73. The molecule has 1 rings (SSSR count). The number of rotatable bonds is 4. The van der Waals surface area contributed by atoms with Crippen LogP contribution >= 0.6 is 23.2 Å². The second-order valence-corrected chi connectivity index (χ2v) is 5.96. The maximum Gasteiger partial charge on any atom is 0.331 e. The van der Waals surface area contributed by atoms with Gasteiger partial charge in [-0.15, -0.1) is 0 Å². The normalized spacial score (nSPS) is 12.5. The van der Waals surface area contributed by atoms with Crippen LogP contribution in [-0.2, 0) is 9.53 Å². The number of ketones is 1. The van der Waals surface area contributed by atoms with Gasteiger partial charge in [-0.3, -0.25) is 4.79 Å². The van der Waals surface area contributed by atoms with Gasteiger partial charge in [-0.05, 0) is 32.9 Å². The number of hydrogen-bond acceptors (Lipinski definition) is 6. The molecule has 0 atom stereocenters. The smallest absolute Gasteiger partial charge is 0.331 e. The van der Waals surface area contributed by atoms with Gasteiger partial charge in [0.25, 0.3) is 0 Å². The molecule has 0 radical (unpaired) electrons. The molecule has 2 N–H and O–H groups in total. The average Bonchev–Trinajstić information content (AvgIpc) is 2.42. The number of carbonyl (C=O) groups is 2. The van der Waals surface area contributed by atoms with Gasteiger partial charge in [-0.2, -0.15) is 5.10 Å². The first-order chi connectivity index (χ1) is 10.1. The van der Waals surface area contributed by atoms with Crippen molar-refractivity contribution in [1.82, 2.24) is 4.98 Å². The number of pyridine rings is 1. The Morgan fingerprint density at radius 1 is 1.41 bits per heavy atom. The van der Waals surface area contributed by atoms with Crippen molar-refractivity contribution in [1.29, 1.82) is 0 Å². The third-order valence-electron chi connectivity index (χ3n) is 2.25. The first-order valence-electron chi connectivity index (χ1n) is 6.18. The van der Waals surface area contributed by atoms with Crippen LogP contribution < -0.4 is 5.84 Å². The molecule has 0 bridgehead atoms. The molecule has 1 aromatic heterocycles. The molecule has 0 aromatic carbocycles. The van der Waals surface area contributed by atoms with Gasteiger partial charge in [0, 0.05) is 23.4 Å². The molecule has 0 aliphatic carbocycles. The Balaban J connectivity index is 3.10. The van der Waals surface area contributed by atoms with Crippen LogP contribution in [0.2, 0.25) is 5.15 Å². The molecule has 0 saturated carbocycles. The Morgan fingerprint density at radius 3 is 2.59 bits per heavy atom. The summed E-state index contributed by atoms with van der Waals surface area (Å²) in [4.78, 5) is 27.6. The van der Waals surface area contributed by atoms with Crippen LogP contribution in [0.15, 0.2) is 23.4 Å². The number of nitrogens with zero attached hydrogens (tertiary/aromatic N) is 2. The van der Waals surface area contributed by atoms with Crippen molar-refractivity contribution in [2.45, 2.75) is 26.4 Å². The van der Waals surface area contributed by atoms with Crippen LogP contribution in [0.5, 0.6) is 0 Å². The minimum Gasteiger partial charge on any atom is -0.457 e. The highest BCUT2D eigenvalue weighted by Gasteiger charge is 2.17. The monoisotopic (exact) mass is 343 g/mol. The highest BCUT2D eigenvalue weighted by Crippen LogP contribution is 2.17. The summed E-state index contributed by atoms with van der Waals surface area (Å²) < 4.78 is 5.13. The SMILES string of the molecule is CC(C)(C)OC(=O)C=Cc1cnc(Cl)cc1C(=O)/C(Cl)=N/N. The number of aromatic nitrogens is 1. The number of ether oxygens (including phenoxy) is 1. The fourth-order valence-corrected chi connectivity index (χ4v) is 1.69. The van der Waals surface area contributed by atoms with E-state index in [0.717, 1.165) is 0 Å². The van der Waals surface area contributed by atoms with Crippen molar-refractivity contribution < 1.29 is 14.3 Å². The van der Waals surface area contributed by atoms with Gasteiger partial charge in [0.05, 0.1) is 0 Å². The van der Waals surface area contributed by atoms with Crippen molar-refractivity contribution in [3.8, 4) is 0 Å². The van der Waals surface area contributed by atoms with E-state index < -0.39 is 22.5 Å². The zero-order valence-corrected chi connectivity index (χ0v) is 13.8. The maximum absolute atomic E-state index is 12.0. The van der Waals surface area contributed by atoms with Crippen molar-refractivity contribution >= 4 is 46.2 Å². The number of esters is 1. The van der Waals surface area contributed by atoms with E-state index in [0.29, 0.717) is 5.56 Å². The Labute approximate surface area is 137 Å². The van der Waals surface area contributed by atoms with Crippen molar-refractivity contribution in [3.63, 3.8) is 0 Å². The molecule has 22 heavy (non-hydrogen) atoms. The fourth-order valence-electron chi connectivity index (χ4n) is 1.43. The summed E-state index contributed by atoms with van der Waals surface area (Å²) in [5.41, 5.74) is -0.158. The molecule has 0 saturated heterocycles. The summed E-state index contributed by atoms with van der Waals surface area (Å²) in [7, 11) is 0. The van der Waals surface area contributed by atoms with Crippen LogP contribution in [0.3, 0.4) is 0 Å². The van der Waals surface area contributed by atoms with Crippen LogP contribution in [0.1, 0.15) is 36.7 Å². The van der Waals surface area contributed by atoms with Gasteiger partial charge >= 0.3 is 5.97 Å². The summed E-state index contributed by atoms with van der Waals surface area (Å²) in [5.74, 6) is 3.80. The summed E-state index contributed by atoms with van der Waals surface area (Å²) in [6.45, 7) is 5.24. The molecule has 0 fully saturated rings. The molecule has 118 valence electrons. The molecule has 1 heterocycles. The quantitative estimate of drug-likeness (QED) is 0.172. The predicted molar refractivity (Wildman–Crippen MR) is 85.9 cm³/mol. The van der Waals surface area contributed by atoms with E-state index in [9.17, 15) is 9.59 Å². The van der Waals surface area contributed by atoms with Crippen molar-refractivity contribution in [2.75, 3.05) is 0 Å². The van der Waals surface area contributed by atoms with E-state index >= 15 is 0 Å². The number of carbonyl (C=O) groups excluding carboxylic acids is 2. The number of Topliss-reactive ketones (excluding diaryl/α,β-unsaturated/α-hetero) is 1. The van der Waals surface area contributed by atoms with E-state index in [1.807, 2.05) is 0 Å². The van der Waals surface area contributed by atoms with E-state index in [1.54, 1.807) is 20.8 Å². The second kappa shape index (κ2) is 7.38. The fraction of sp³-hybridized carbons (Fsp3) is 0.286. The maximum atomic E-state index is 12.0. The van der Waals surface area contributed by atoms with E-state index in [1.165, 1.54) is 24.4 Å². The molecule has 1 aromatic rings. The lowest BCUT2D eigenvalue weighted by Crippen LogP contribution is -2.22. The summed E-state index contributed by atoms with van der Waals surface area (Å²) >= 11 is 11.4. The van der Waals surface area contributed by atoms with Gasteiger partial charge in [0.2, 0.25) is 5.78 Å². The first-order valence-corrected chi connectivity index (χ1v) is 6.94. The summed E-state index contributed by atoms with van der Waals surface area (Å²) in [6, 6.07) is 1.31. The number of hydrazone groups is 1. The number of hydrogen-bond donors (Lipinski definition) is 1. The topological polar surface area (TPSA) is 94.6 Å². The minimum atomic E-state index is -0.627. The highest BCUT2D eigenvalue weighted by atomic mass is 35.5. The largest absolute Gasteiger partial charge is 0.457 e. The zero-order valence-electron chi connectivity index (χ0n) is 12.3. The molecule has 8 heteroatoms. The summed E-state index contributed by atoms with van der Waals surface area (Å²) in [6.07, 6.45) is 3.89. The molecule has 0 spiro atoms. The Kier molecular flexibility index (Phi) is 6.08. The van der Waals surface area contributed by atoms with Gasteiger partial charge in [0.15, 0.2) is 5.17 Å². The average molecular weight is 344 g/mol. The van der Waals surface area contributed by atoms with Crippen LogP contribution in [0.25, 0.3) is 6.08 Å². The Hall–Kier alpha value is -1.92. The number of nitrogens with two attached hydrogens (primary N) is 1. The Bertz CT molecular complexity index is 649. The van der Waals surface area contributed by atoms with Crippen molar-refractivity contribution in [2.24, 2.45) is 10.9 Å². The molecule has 0 aliphatic rings. The third kappa shape index (κ3) is 5.46. The van der Waals surface area contributed by atoms with Gasteiger partial charge in [-0.25, -0.2) is 9.78 Å². The molecule has 6 nitrogen and oxygen atoms in total. The lowest BCUT2D eigenvalue weighted by atomic mass is 10.1. The molecular formula is C14H15Cl2N3O3. The van der Waals surface area contributed by atoms with E-state index in [4.69, 9.17) is 33.8 Å². The molecular weight excluding hydrogens is 329 g/mol. The summed E-state index contributed by atoms with van der Waals surface area (Å²) in [5, 5.41) is 2.82. The van der Waals surface area contributed by atoms with Gasteiger partial charge < -0.3 is 10.6 Å². The standard InChI is InChI=1S/C14H15Cl2N3O3/c1-14(2,3)22-11(20)5-4-8-7-18-10(15)6-9(8)12(21)13(16)19-17/h4-7H,17H2,1-3H3/b5-4?,19-13-. The first kappa shape index (κ1) is 18.1. The second-order valence-electron chi connectivity index (χ2n) is 5.21. The van der Waals surface area contributed by atoms with Crippen LogP contribution in [0, 0.1) is 0 Å². The van der Waals surface area contributed by atoms with E-state index in [-0.39, 0.29) is 10.7 Å². The van der Waals surface area contributed by atoms with Crippen molar-refractivity contribution in [3.05, 3.63) is 34.6 Å². The van der Waals surface area contributed by atoms with E-state index in [2.05, 4.69) is 10.1 Å². The molecule has 0 aliphatic heterocycles. The minimum absolute atomic E-state index is 0.0965. The van der Waals surface area contributed by atoms with Crippen LogP contribution in [0.4, 0.5) is 0 Å². The number of halogens is 2. The van der Waals surface area contributed by atoms with Crippen LogP contribution in [-0.4, -0.2) is 27.5 Å².